The third-order valence-corrected chi connectivity index (χ3v) is 5.87. The van der Waals surface area contributed by atoms with Crippen LogP contribution in [0.2, 0.25) is 5.02 Å². The van der Waals surface area contributed by atoms with Crippen LogP contribution in [-0.4, -0.2) is 28.8 Å². The lowest BCUT2D eigenvalue weighted by Gasteiger charge is -2.32. The van der Waals surface area contributed by atoms with E-state index in [4.69, 9.17) is 11.6 Å². The predicted molar refractivity (Wildman–Crippen MR) is 110 cm³/mol. The van der Waals surface area contributed by atoms with Crippen LogP contribution in [0.1, 0.15) is 28.6 Å². The van der Waals surface area contributed by atoms with Crippen LogP contribution in [-0.2, 0) is 11.3 Å². The molecule has 0 radical (unpaired) electrons. The van der Waals surface area contributed by atoms with E-state index in [1.54, 1.807) is 12.1 Å². The number of carbonyl (C=O) groups is 1. The lowest BCUT2D eigenvalue weighted by atomic mass is 9.99. The lowest BCUT2D eigenvalue weighted by molar-refractivity contribution is -0.937. The van der Waals surface area contributed by atoms with Crippen LogP contribution in [0.4, 0.5) is 4.39 Å². The molecular weight excluding hydrogens is 391 g/mol. The SMILES string of the molecule is Cc1nn(-c2ccccc2)c(C)c1[C@H]1C(=O)NCC[NH+]1Cc1c(F)cccc1Cl. The number of nitrogens with one attached hydrogen (secondary N) is 2. The summed E-state index contributed by atoms with van der Waals surface area (Å²) in [5.41, 5.74) is 3.97. The van der Waals surface area contributed by atoms with Crippen molar-refractivity contribution in [3.05, 3.63) is 81.9 Å². The van der Waals surface area contributed by atoms with Crippen LogP contribution in [0.5, 0.6) is 0 Å². The average Bonchev–Trinajstić information content (AvgIpc) is 3.00. The molecule has 0 saturated carbocycles. The maximum Gasteiger partial charge on any atom is 0.283 e. The van der Waals surface area contributed by atoms with Crippen molar-refractivity contribution in [3.8, 4) is 5.69 Å². The molecule has 0 bridgehead atoms. The molecule has 2 N–H and O–H groups in total. The van der Waals surface area contributed by atoms with Crippen LogP contribution in [0, 0.1) is 19.7 Å². The highest BCUT2D eigenvalue weighted by Crippen LogP contribution is 2.25. The Labute approximate surface area is 174 Å². The molecule has 1 aromatic heterocycles. The molecule has 1 aliphatic heterocycles. The van der Waals surface area contributed by atoms with E-state index in [0.29, 0.717) is 30.2 Å². The number of para-hydroxylation sites is 1. The molecule has 2 aromatic carbocycles. The normalized spacial score (nSPS) is 19.2. The topological polar surface area (TPSA) is 51.4 Å². The second-order valence-electron chi connectivity index (χ2n) is 7.34. The zero-order valence-electron chi connectivity index (χ0n) is 16.4. The van der Waals surface area contributed by atoms with E-state index in [0.717, 1.165) is 27.5 Å². The van der Waals surface area contributed by atoms with Gasteiger partial charge in [0.05, 0.1) is 46.3 Å². The van der Waals surface area contributed by atoms with Gasteiger partial charge in [-0.15, -0.1) is 0 Å². The van der Waals surface area contributed by atoms with Gasteiger partial charge in [0.2, 0.25) is 0 Å². The molecule has 1 aliphatic rings. The van der Waals surface area contributed by atoms with Gasteiger partial charge in [0.15, 0.2) is 6.04 Å². The van der Waals surface area contributed by atoms with Gasteiger partial charge in [-0.2, -0.15) is 5.10 Å². The number of benzene rings is 2. The number of nitrogens with zero attached hydrogens (tertiary/aromatic N) is 2. The first kappa shape index (κ1) is 19.6. The minimum Gasteiger partial charge on any atom is -0.345 e. The van der Waals surface area contributed by atoms with Gasteiger partial charge in [0.25, 0.3) is 5.91 Å². The lowest BCUT2D eigenvalue weighted by Crippen LogP contribution is -3.14. The van der Waals surface area contributed by atoms with Crippen LogP contribution in [0.3, 0.4) is 0 Å². The second-order valence-corrected chi connectivity index (χ2v) is 7.75. The van der Waals surface area contributed by atoms with Crippen LogP contribution < -0.4 is 10.2 Å². The van der Waals surface area contributed by atoms with E-state index < -0.39 is 6.04 Å². The molecule has 7 heteroatoms. The molecule has 2 heterocycles. The van der Waals surface area contributed by atoms with Crippen molar-refractivity contribution in [2.45, 2.75) is 26.4 Å². The van der Waals surface area contributed by atoms with Crippen molar-refractivity contribution >= 4 is 17.5 Å². The summed E-state index contributed by atoms with van der Waals surface area (Å²) < 4.78 is 16.3. The molecule has 150 valence electrons. The van der Waals surface area contributed by atoms with E-state index in [1.807, 2.05) is 48.9 Å². The van der Waals surface area contributed by atoms with Gasteiger partial charge in [-0.25, -0.2) is 9.07 Å². The third kappa shape index (κ3) is 3.66. The molecular formula is C22H23ClFN4O+. The highest BCUT2D eigenvalue weighted by molar-refractivity contribution is 6.31. The number of amides is 1. The van der Waals surface area contributed by atoms with Crippen molar-refractivity contribution < 1.29 is 14.1 Å². The summed E-state index contributed by atoms with van der Waals surface area (Å²) in [5.74, 6) is -0.416. The molecule has 29 heavy (non-hydrogen) atoms. The first-order valence-electron chi connectivity index (χ1n) is 9.64. The Morgan fingerprint density at radius 2 is 1.97 bits per heavy atom. The maximum absolute atomic E-state index is 14.4. The van der Waals surface area contributed by atoms with E-state index in [1.165, 1.54) is 6.07 Å². The predicted octanol–water partition coefficient (Wildman–Crippen LogP) is 2.54. The summed E-state index contributed by atoms with van der Waals surface area (Å²) in [6, 6.07) is 14.0. The van der Waals surface area contributed by atoms with Gasteiger partial charge in [0.1, 0.15) is 12.4 Å². The van der Waals surface area contributed by atoms with Gasteiger partial charge in [-0.3, -0.25) is 4.79 Å². The summed E-state index contributed by atoms with van der Waals surface area (Å²) in [7, 11) is 0. The Morgan fingerprint density at radius 3 is 2.69 bits per heavy atom. The third-order valence-electron chi connectivity index (χ3n) is 5.52. The molecule has 1 fully saturated rings. The molecule has 1 amide bonds. The van der Waals surface area contributed by atoms with Gasteiger partial charge < -0.3 is 10.2 Å². The summed E-state index contributed by atoms with van der Waals surface area (Å²) in [6.07, 6.45) is 0. The number of quaternary nitrogens is 1. The van der Waals surface area contributed by atoms with Crippen LogP contribution >= 0.6 is 11.6 Å². The van der Waals surface area contributed by atoms with E-state index >= 15 is 0 Å². The minimum atomic E-state index is -0.475. The number of rotatable bonds is 4. The molecule has 4 rings (SSSR count). The molecule has 0 spiro atoms. The molecule has 2 atom stereocenters. The fourth-order valence-electron chi connectivity index (χ4n) is 4.13. The Morgan fingerprint density at radius 1 is 1.21 bits per heavy atom. The number of hydrogen-bond donors (Lipinski definition) is 2. The smallest absolute Gasteiger partial charge is 0.283 e. The van der Waals surface area contributed by atoms with E-state index in [9.17, 15) is 9.18 Å². The summed E-state index contributed by atoms with van der Waals surface area (Å²) in [5, 5.41) is 8.03. The van der Waals surface area contributed by atoms with Gasteiger partial charge in [0, 0.05) is 0 Å². The quantitative estimate of drug-likeness (QED) is 0.690. The van der Waals surface area contributed by atoms with Gasteiger partial charge in [-0.05, 0) is 38.1 Å². The highest BCUT2D eigenvalue weighted by atomic mass is 35.5. The largest absolute Gasteiger partial charge is 0.345 e. The summed E-state index contributed by atoms with van der Waals surface area (Å²) in [4.78, 5) is 13.9. The van der Waals surface area contributed by atoms with E-state index in [2.05, 4.69) is 10.4 Å². The zero-order chi connectivity index (χ0) is 20.5. The monoisotopic (exact) mass is 413 g/mol. The van der Waals surface area contributed by atoms with E-state index in [-0.39, 0.29) is 11.7 Å². The summed E-state index contributed by atoms with van der Waals surface area (Å²) in [6.45, 7) is 5.44. The van der Waals surface area contributed by atoms with Crippen LogP contribution in [0.25, 0.3) is 5.69 Å². The highest BCUT2D eigenvalue weighted by Gasteiger charge is 2.39. The van der Waals surface area contributed by atoms with Crippen molar-refractivity contribution in [1.82, 2.24) is 15.1 Å². The molecule has 1 saturated heterocycles. The van der Waals surface area contributed by atoms with Crippen molar-refractivity contribution in [2.24, 2.45) is 0 Å². The molecule has 0 aliphatic carbocycles. The number of carbonyl (C=O) groups excluding carboxylic acids is 1. The molecule has 3 aromatic rings. The Kier molecular flexibility index (Phi) is 5.39. The summed E-state index contributed by atoms with van der Waals surface area (Å²) >= 11 is 6.26. The second kappa shape index (κ2) is 7.97. The van der Waals surface area contributed by atoms with Gasteiger partial charge >= 0.3 is 0 Å². The number of piperazine rings is 1. The number of halogens is 2. The minimum absolute atomic E-state index is 0.0717. The average molecular weight is 414 g/mol. The maximum atomic E-state index is 14.4. The molecule has 5 nitrogen and oxygen atoms in total. The zero-order valence-corrected chi connectivity index (χ0v) is 17.1. The standard InChI is InChI=1S/C22H22ClFN4O/c1-14-20(15(2)28(26-14)16-7-4-3-5-8-16)21-22(29)25-11-12-27(21)13-17-18(23)9-6-10-19(17)24/h3-10,21H,11-13H2,1-2H3,(H,25,29)/p+1/t21-/m0/s1. The fourth-order valence-corrected chi connectivity index (χ4v) is 4.35. The Bertz CT molecular complexity index is 1030. The Hall–Kier alpha value is -2.70. The first-order chi connectivity index (χ1) is 14.0. The Balaban J connectivity index is 1.75. The number of aromatic nitrogens is 2. The van der Waals surface area contributed by atoms with Crippen molar-refractivity contribution in [1.29, 1.82) is 0 Å². The first-order valence-corrected chi connectivity index (χ1v) is 10.0. The van der Waals surface area contributed by atoms with Crippen molar-refractivity contribution in [3.63, 3.8) is 0 Å². The number of hydrogen-bond acceptors (Lipinski definition) is 2. The van der Waals surface area contributed by atoms with Gasteiger partial charge in [-0.1, -0.05) is 35.9 Å². The fraction of sp³-hybridized carbons (Fsp3) is 0.273. The number of aryl methyl sites for hydroxylation is 1. The molecule has 1 unspecified atom stereocenters. The van der Waals surface area contributed by atoms with Crippen LogP contribution in [0.15, 0.2) is 48.5 Å². The van der Waals surface area contributed by atoms with Crippen molar-refractivity contribution in [2.75, 3.05) is 13.1 Å².